The number of esters is 1. The summed E-state index contributed by atoms with van der Waals surface area (Å²) < 4.78 is 36.0. The number of carbonyl (C=O) groups is 1. The van der Waals surface area contributed by atoms with Crippen LogP contribution in [0.25, 0.3) is 0 Å². The van der Waals surface area contributed by atoms with Gasteiger partial charge in [0.15, 0.2) is 0 Å². The second kappa shape index (κ2) is 10.4. The van der Waals surface area contributed by atoms with E-state index in [1.807, 2.05) is 30.3 Å². The predicted octanol–water partition coefficient (Wildman–Crippen LogP) is 4.06. The van der Waals surface area contributed by atoms with E-state index >= 15 is 0 Å². The lowest BCUT2D eigenvalue weighted by atomic mass is 9.88. The van der Waals surface area contributed by atoms with Crippen LogP contribution in [0.2, 0.25) is 0 Å². The van der Waals surface area contributed by atoms with Crippen molar-refractivity contribution in [3.05, 3.63) is 96.1 Å². The molecule has 0 aliphatic rings. The van der Waals surface area contributed by atoms with E-state index in [4.69, 9.17) is 14.7 Å². The number of carbonyl (C=O) groups excluding carboxylic acids is 1. The molecule has 0 saturated heterocycles. The highest BCUT2D eigenvalue weighted by Crippen LogP contribution is 2.28. The summed E-state index contributed by atoms with van der Waals surface area (Å²) in [6.45, 7) is 3.54. The second-order valence-electron chi connectivity index (χ2n) is 7.74. The summed E-state index contributed by atoms with van der Waals surface area (Å²) >= 11 is 0. The van der Waals surface area contributed by atoms with Gasteiger partial charge in [0, 0.05) is 6.04 Å². The van der Waals surface area contributed by atoms with Crippen molar-refractivity contribution in [3.8, 4) is 5.75 Å². The maximum atomic E-state index is 12.9. The molecule has 7 heteroatoms. The summed E-state index contributed by atoms with van der Waals surface area (Å²) in [5.41, 5.74) is 7.98. The molecule has 0 bridgehead atoms. The monoisotopic (exact) mass is 453 g/mol. The predicted molar refractivity (Wildman–Crippen MR) is 123 cm³/mol. The maximum absolute atomic E-state index is 12.9. The summed E-state index contributed by atoms with van der Waals surface area (Å²) in [6, 6.07) is 23.3. The van der Waals surface area contributed by atoms with Crippen LogP contribution >= 0.6 is 0 Å². The van der Waals surface area contributed by atoms with Crippen molar-refractivity contribution in [2.75, 3.05) is 0 Å². The molecule has 6 nitrogen and oxygen atoms in total. The number of rotatable bonds is 9. The van der Waals surface area contributed by atoms with Gasteiger partial charge < -0.3 is 14.7 Å². The van der Waals surface area contributed by atoms with Crippen LogP contribution in [-0.4, -0.2) is 26.5 Å². The van der Waals surface area contributed by atoms with Crippen LogP contribution in [0, 0.1) is 0 Å². The molecule has 0 fully saturated rings. The Morgan fingerprint density at radius 1 is 0.906 bits per heavy atom. The molecule has 3 rings (SSSR count). The Hall–Kier alpha value is -3.16. The van der Waals surface area contributed by atoms with Gasteiger partial charge in [0.1, 0.15) is 10.6 Å². The van der Waals surface area contributed by atoms with E-state index in [2.05, 4.69) is 0 Å². The number of hydrogen-bond donors (Lipinski definition) is 1. The number of benzene rings is 3. The van der Waals surface area contributed by atoms with Crippen LogP contribution in [-0.2, 0) is 26.1 Å². The highest BCUT2D eigenvalue weighted by Gasteiger charge is 2.30. The van der Waals surface area contributed by atoms with E-state index in [9.17, 15) is 13.2 Å². The largest absolute Gasteiger partial charge is 0.462 e. The molecule has 0 aromatic heterocycles. The van der Waals surface area contributed by atoms with E-state index in [1.165, 1.54) is 24.3 Å². The molecular formula is C25H27NO5S. The fraction of sp³-hybridized carbons (Fsp3) is 0.240. The lowest BCUT2D eigenvalue weighted by Gasteiger charge is -2.24. The maximum Gasteiger partial charge on any atom is 0.339 e. The highest BCUT2D eigenvalue weighted by atomic mass is 32.2. The summed E-state index contributed by atoms with van der Waals surface area (Å²) in [5, 5.41) is 0. The molecule has 3 aromatic rings. The summed E-state index contributed by atoms with van der Waals surface area (Å²) in [4.78, 5) is 13.0. The average molecular weight is 454 g/mol. The minimum atomic E-state index is -4.01. The molecule has 0 saturated carbocycles. The fourth-order valence-corrected chi connectivity index (χ4v) is 4.33. The molecule has 0 spiro atoms. The molecule has 0 radical (unpaired) electrons. The van der Waals surface area contributed by atoms with E-state index in [0.717, 1.165) is 5.56 Å². The van der Waals surface area contributed by atoms with Crippen LogP contribution in [0.1, 0.15) is 30.9 Å². The van der Waals surface area contributed by atoms with Crippen molar-refractivity contribution in [2.45, 2.75) is 43.2 Å². The van der Waals surface area contributed by atoms with Crippen LogP contribution in [0.4, 0.5) is 0 Å². The first-order valence-electron chi connectivity index (χ1n) is 10.4. The molecule has 0 aliphatic carbocycles. The van der Waals surface area contributed by atoms with Gasteiger partial charge in [-0.25, -0.2) is 0 Å². The molecule has 2 atom stereocenters. The Balaban J connectivity index is 1.90. The fourth-order valence-electron chi connectivity index (χ4n) is 3.39. The molecule has 0 amide bonds. The van der Waals surface area contributed by atoms with Gasteiger partial charge in [0.25, 0.3) is 0 Å². The Morgan fingerprint density at radius 3 is 2.16 bits per heavy atom. The number of hydrogen-bond acceptors (Lipinski definition) is 6. The van der Waals surface area contributed by atoms with Crippen molar-refractivity contribution in [2.24, 2.45) is 5.73 Å². The number of nitrogens with two attached hydrogens (primary N) is 1. The summed E-state index contributed by atoms with van der Waals surface area (Å²) in [6.07, 6.45) is 0.137. The van der Waals surface area contributed by atoms with Gasteiger partial charge in [-0.1, -0.05) is 60.7 Å². The van der Waals surface area contributed by atoms with Crippen LogP contribution in [0.15, 0.2) is 89.8 Å². The topological polar surface area (TPSA) is 95.7 Å². The SMILES string of the molecule is CC(C)OC(=O)C(c1cccc(OS(=O)(=O)c2ccccc2)c1)C(N)Cc1ccccc1. The van der Waals surface area contributed by atoms with Gasteiger partial charge in [0.2, 0.25) is 0 Å². The third-order valence-corrected chi connectivity index (χ3v) is 6.06. The van der Waals surface area contributed by atoms with Gasteiger partial charge >= 0.3 is 16.1 Å². The lowest BCUT2D eigenvalue weighted by Crippen LogP contribution is -2.37. The molecule has 32 heavy (non-hydrogen) atoms. The highest BCUT2D eigenvalue weighted by molar-refractivity contribution is 7.87. The Bertz CT molecular complexity index is 1130. The zero-order chi connectivity index (χ0) is 23.1. The first kappa shape index (κ1) is 23.5. The zero-order valence-corrected chi connectivity index (χ0v) is 18.9. The smallest absolute Gasteiger partial charge is 0.339 e. The quantitative estimate of drug-likeness (QED) is 0.388. The molecule has 0 heterocycles. The van der Waals surface area contributed by atoms with Crippen molar-refractivity contribution in [3.63, 3.8) is 0 Å². The average Bonchev–Trinajstić information content (AvgIpc) is 2.74. The molecule has 0 aliphatic heterocycles. The molecule has 3 aromatic carbocycles. The van der Waals surface area contributed by atoms with Crippen LogP contribution in [0.3, 0.4) is 0 Å². The van der Waals surface area contributed by atoms with Gasteiger partial charge in [0.05, 0.1) is 12.0 Å². The molecule has 2 N–H and O–H groups in total. The van der Waals surface area contributed by atoms with E-state index in [-0.39, 0.29) is 16.7 Å². The first-order chi connectivity index (χ1) is 15.3. The van der Waals surface area contributed by atoms with Crippen LogP contribution < -0.4 is 9.92 Å². The van der Waals surface area contributed by atoms with Gasteiger partial charge in [-0.05, 0) is 55.7 Å². The number of ether oxygens (including phenoxy) is 1. The third kappa shape index (κ3) is 6.18. The van der Waals surface area contributed by atoms with Crippen molar-refractivity contribution >= 4 is 16.1 Å². The van der Waals surface area contributed by atoms with Crippen molar-refractivity contribution < 1.29 is 22.1 Å². The van der Waals surface area contributed by atoms with E-state index in [1.54, 1.807) is 44.2 Å². The van der Waals surface area contributed by atoms with Gasteiger partial charge in [-0.15, -0.1) is 0 Å². The Kier molecular flexibility index (Phi) is 7.66. The minimum Gasteiger partial charge on any atom is -0.462 e. The van der Waals surface area contributed by atoms with E-state index in [0.29, 0.717) is 12.0 Å². The van der Waals surface area contributed by atoms with Crippen molar-refractivity contribution in [1.29, 1.82) is 0 Å². The summed E-state index contributed by atoms with van der Waals surface area (Å²) in [7, 11) is -4.01. The van der Waals surface area contributed by atoms with E-state index < -0.39 is 28.0 Å². The van der Waals surface area contributed by atoms with Crippen molar-refractivity contribution in [1.82, 2.24) is 0 Å². The molecular weight excluding hydrogens is 426 g/mol. The van der Waals surface area contributed by atoms with Gasteiger partial charge in [-0.2, -0.15) is 8.42 Å². The molecule has 2 unspecified atom stereocenters. The minimum absolute atomic E-state index is 0.0435. The normalized spacial score (nSPS) is 13.4. The first-order valence-corrected chi connectivity index (χ1v) is 11.8. The second-order valence-corrected chi connectivity index (χ2v) is 9.29. The third-order valence-electron chi connectivity index (χ3n) is 4.80. The lowest BCUT2D eigenvalue weighted by molar-refractivity contribution is -0.149. The Labute approximate surface area is 189 Å². The van der Waals surface area contributed by atoms with Crippen LogP contribution in [0.5, 0.6) is 5.75 Å². The summed E-state index contributed by atoms with van der Waals surface area (Å²) in [5.74, 6) is -1.16. The Morgan fingerprint density at radius 2 is 1.53 bits per heavy atom. The zero-order valence-electron chi connectivity index (χ0n) is 18.0. The molecule has 168 valence electrons. The van der Waals surface area contributed by atoms with Gasteiger partial charge in [-0.3, -0.25) is 4.79 Å². The standard InChI is InChI=1S/C25H27NO5S/c1-18(2)30-25(27)24(23(26)16-19-10-5-3-6-11-19)20-12-9-13-21(17-20)31-32(28,29)22-14-7-4-8-15-22/h3-15,17-18,23-24H,16,26H2,1-2H3.